The fourth-order valence-corrected chi connectivity index (χ4v) is 2.95. The first-order valence-corrected chi connectivity index (χ1v) is 6.79. The van der Waals surface area contributed by atoms with Gasteiger partial charge in [-0.2, -0.15) is 0 Å². The number of rotatable bonds is 2. The molecule has 0 bridgehead atoms. The second kappa shape index (κ2) is 4.93. The highest BCUT2D eigenvalue weighted by Crippen LogP contribution is 2.33. The molecule has 1 unspecified atom stereocenters. The van der Waals surface area contributed by atoms with Crippen LogP contribution in [0.15, 0.2) is 36.4 Å². The summed E-state index contributed by atoms with van der Waals surface area (Å²) in [6, 6.07) is 9.57. The molecular formula is C16H13ClF2. The molecule has 2 aromatic carbocycles. The van der Waals surface area contributed by atoms with Gasteiger partial charge in [-0.1, -0.05) is 24.3 Å². The van der Waals surface area contributed by atoms with Crippen LogP contribution in [0.1, 0.15) is 34.1 Å². The Kier molecular flexibility index (Phi) is 3.28. The van der Waals surface area contributed by atoms with Crippen LogP contribution in [-0.2, 0) is 12.8 Å². The van der Waals surface area contributed by atoms with Crippen LogP contribution in [0.25, 0.3) is 0 Å². The third-order valence-corrected chi connectivity index (χ3v) is 4.14. The SMILES string of the molecule is Fc1ccc(C(Cl)c2ccc3c(c2)CCC3)c(F)c1. The topological polar surface area (TPSA) is 0 Å². The Balaban J connectivity index is 1.97. The van der Waals surface area contributed by atoms with Crippen molar-refractivity contribution in [3.8, 4) is 0 Å². The van der Waals surface area contributed by atoms with Crippen LogP contribution in [-0.4, -0.2) is 0 Å². The standard InChI is InChI=1S/C16H13ClF2/c17-16(14-7-6-13(18)9-15(14)19)12-5-4-10-2-1-3-11(10)8-12/h4-9,16H,1-3H2. The summed E-state index contributed by atoms with van der Waals surface area (Å²) in [4.78, 5) is 0. The van der Waals surface area contributed by atoms with Gasteiger partial charge >= 0.3 is 0 Å². The summed E-state index contributed by atoms with van der Waals surface area (Å²) in [5, 5.41) is -0.577. The molecule has 19 heavy (non-hydrogen) atoms. The van der Waals surface area contributed by atoms with Crippen molar-refractivity contribution >= 4 is 11.6 Å². The lowest BCUT2D eigenvalue weighted by atomic mass is 9.99. The van der Waals surface area contributed by atoms with E-state index in [-0.39, 0.29) is 0 Å². The largest absolute Gasteiger partial charge is 0.207 e. The Morgan fingerprint density at radius 3 is 2.53 bits per heavy atom. The van der Waals surface area contributed by atoms with E-state index in [1.807, 2.05) is 12.1 Å². The number of fused-ring (bicyclic) bond motifs is 1. The number of alkyl halides is 1. The normalized spacial score (nSPS) is 15.3. The van der Waals surface area contributed by atoms with Gasteiger partial charge in [0.1, 0.15) is 11.6 Å². The van der Waals surface area contributed by atoms with E-state index in [4.69, 9.17) is 11.6 Å². The van der Waals surface area contributed by atoms with E-state index in [0.717, 1.165) is 30.9 Å². The van der Waals surface area contributed by atoms with E-state index in [1.54, 1.807) is 0 Å². The van der Waals surface area contributed by atoms with Crippen molar-refractivity contribution in [2.45, 2.75) is 24.6 Å². The lowest BCUT2D eigenvalue weighted by Crippen LogP contribution is -1.99. The van der Waals surface area contributed by atoms with Gasteiger partial charge in [0.2, 0.25) is 0 Å². The minimum Gasteiger partial charge on any atom is -0.207 e. The van der Waals surface area contributed by atoms with Gasteiger partial charge in [0.25, 0.3) is 0 Å². The number of benzene rings is 2. The van der Waals surface area contributed by atoms with E-state index in [2.05, 4.69) is 6.07 Å². The van der Waals surface area contributed by atoms with E-state index in [9.17, 15) is 8.78 Å². The molecule has 0 heterocycles. The predicted octanol–water partition coefficient (Wildman–Crippen LogP) is 4.78. The van der Waals surface area contributed by atoms with Crippen LogP contribution in [0.2, 0.25) is 0 Å². The molecule has 0 spiro atoms. The molecule has 0 saturated carbocycles. The summed E-state index contributed by atoms with van der Waals surface area (Å²) in [7, 11) is 0. The second-order valence-corrected chi connectivity index (χ2v) is 5.35. The van der Waals surface area contributed by atoms with E-state index >= 15 is 0 Å². The number of hydrogen-bond acceptors (Lipinski definition) is 0. The molecule has 1 aliphatic carbocycles. The summed E-state index contributed by atoms with van der Waals surface area (Å²) < 4.78 is 26.6. The van der Waals surface area contributed by atoms with E-state index in [1.165, 1.54) is 23.3 Å². The van der Waals surface area contributed by atoms with E-state index < -0.39 is 17.0 Å². The van der Waals surface area contributed by atoms with Crippen LogP contribution in [0.4, 0.5) is 8.78 Å². The predicted molar refractivity (Wildman–Crippen MR) is 72.5 cm³/mol. The van der Waals surface area contributed by atoms with Gasteiger partial charge in [0.05, 0.1) is 5.38 Å². The number of aryl methyl sites for hydroxylation is 2. The molecule has 0 nitrogen and oxygen atoms in total. The van der Waals surface area contributed by atoms with Crippen LogP contribution in [0.5, 0.6) is 0 Å². The molecule has 2 aromatic rings. The van der Waals surface area contributed by atoms with Gasteiger partial charge in [0, 0.05) is 11.6 Å². The molecule has 0 aromatic heterocycles. The quantitative estimate of drug-likeness (QED) is 0.694. The molecule has 0 amide bonds. The van der Waals surface area contributed by atoms with Gasteiger partial charge in [-0.3, -0.25) is 0 Å². The van der Waals surface area contributed by atoms with Crippen molar-refractivity contribution in [2.24, 2.45) is 0 Å². The molecule has 98 valence electrons. The molecule has 0 fully saturated rings. The zero-order valence-corrected chi connectivity index (χ0v) is 11.1. The van der Waals surface area contributed by atoms with Crippen molar-refractivity contribution in [2.75, 3.05) is 0 Å². The number of halogens is 3. The van der Waals surface area contributed by atoms with Gasteiger partial charge in [-0.05, 0) is 42.0 Å². The third kappa shape index (κ3) is 2.37. The van der Waals surface area contributed by atoms with Gasteiger partial charge in [0.15, 0.2) is 0 Å². The van der Waals surface area contributed by atoms with Crippen molar-refractivity contribution < 1.29 is 8.78 Å². The molecule has 0 N–H and O–H groups in total. The summed E-state index contributed by atoms with van der Waals surface area (Å²) >= 11 is 6.33. The minimum absolute atomic E-state index is 0.320. The zero-order chi connectivity index (χ0) is 13.4. The molecule has 0 radical (unpaired) electrons. The van der Waals surface area contributed by atoms with Gasteiger partial charge in [-0.25, -0.2) is 8.78 Å². The first-order chi connectivity index (χ1) is 9.15. The summed E-state index contributed by atoms with van der Waals surface area (Å²) in [6.07, 6.45) is 3.32. The first-order valence-electron chi connectivity index (χ1n) is 6.36. The summed E-state index contributed by atoms with van der Waals surface area (Å²) in [6.45, 7) is 0. The van der Waals surface area contributed by atoms with Crippen molar-refractivity contribution in [3.63, 3.8) is 0 Å². The maximum absolute atomic E-state index is 13.7. The van der Waals surface area contributed by atoms with Crippen LogP contribution < -0.4 is 0 Å². The lowest BCUT2D eigenvalue weighted by molar-refractivity contribution is 0.573. The fraction of sp³-hybridized carbons (Fsp3) is 0.250. The maximum Gasteiger partial charge on any atom is 0.131 e. The van der Waals surface area contributed by atoms with Crippen LogP contribution >= 0.6 is 11.6 Å². The zero-order valence-electron chi connectivity index (χ0n) is 10.3. The smallest absolute Gasteiger partial charge is 0.131 e. The van der Waals surface area contributed by atoms with Gasteiger partial charge in [-0.15, -0.1) is 11.6 Å². The molecule has 1 atom stereocenters. The number of hydrogen-bond donors (Lipinski definition) is 0. The van der Waals surface area contributed by atoms with E-state index in [0.29, 0.717) is 5.56 Å². The summed E-state index contributed by atoms with van der Waals surface area (Å²) in [5.74, 6) is -1.18. The fourth-order valence-electron chi connectivity index (χ4n) is 2.64. The Morgan fingerprint density at radius 2 is 1.74 bits per heavy atom. The molecule has 0 aliphatic heterocycles. The molecule has 3 heteroatoms. The van der Waals surface area contributed by atoms with Crippen molar-refractivity contribution in [1.82, 2.24) is 0 Å². The highest BCUT2D eigenvalue weighted by atomic mass is 35.5. The van der Waals surface area contributed by atoms with Crippen molar-refractivity contribution in [3.05, 3.63) is 70.3 Å². The van der Waals surface area contributed by atoms with Crippen LogP contribution in [0.3, 0.4) is 0 Å². The molecule has 3 rings (SSSR count). The highest BCUT2D eigenvalue weighted by molar-refractivity contribution is 6.22. The second-order valence-electron chi connectivity index (χ2n) is 4.91. The average molecular weight is 279 g/mol. The monoisotopic (exact) mass is 278 g/mol. The Morgan fingerprint density at radius 1 is 0.947 bits per heavy atom. The third-order valence-electron chi connectivity index (χ3n) is 3.65. The van der Waals surface area contributed by atoms with Crippen molar-refractivity contribution in [1.29, 1.82) is 0 Å². The first kappa shape index (κ1) is 12.6. The molecule has 0 saturated heterocycles. The Bertz CT molecular complexity index is 622. The highest BCUT2D eigenvalue weighted by Gasteiger charge is 2.18. The minimum atomic E-state index is -0.597. The van der Waals surface area contributed by atoms with Crippen LogP contribution in [0, 0.1) is 11.6 Å². The summed E-state index contributed by atoms with van der Waals surface area (Å²) in [5.41, 5.74) is 3.84. The molecular weight excluding hydrogens is 266 g/mol. The molecule has 1 aliphatic rings. The Hall–Kier alpha value is -1.41. The average Bonchev–Trinajstić information content (AvgIpc) is 2.85. The van der Waals surface area contributed by atoms with Gasteiger partial charge < -0.3 is 0 Å². The maximum atomic E-state index is 13.7. The Labute approximate surface area is 116 Å². The lowest BCUT2D eigenvalue weighted by Gasteiger charge is -2.13.